The first-order valence-corrected chi connectivity index (χ1v) is 16.8. The highest BCUT2D eigenvalue weighted by molar-refractivity contribution is 7.92. The van der Waals surface area contributed by atoms with E-state index >= 15 is 4.39 Å². The Hall–Kier alpha value is -3.68. The molecule has 0 bridgehead atoms. The maximum atomic E-state index is 16.0. The van der Waals surface area contributed by atoms with Gasteiger partial charge < -0.3 is 21.1 Å². The maximum Gasteiger partial charge on any atom is 0.416 e. The van der Waals surface area contributed by atoms with E-state index in [4.69, 9.17) is 0 Å². The van der Waals surface area contributed by atoms with Crippen LogP contribution in [0.2, 0.25) is 0 Å². The molecule has 1 heterocycles. The Morgan fingerprint density at radius 2 is 1.70 bits per heavy atom. The number of hydrogen-bond donors (Lipinski definition) is 4. The molecule has 3 aromatic carbocycles. The molecule has 0 saturated carbocycles. The van der Waals surface area contributed by atoms with Crippen LogP contribution in [0.25, 0.3) is 0 Å². The van der Waals surface area contributed by atoms with E-state index in [9.17, 15) is 31.5 Å². The molecule has 1 aliphatic rings. The molecule has 4 N–H and O–H groups in total. The summed E-state index contributed by atoms with van der Waals surface area (Å²) >= 11 is 0. The highest BCUT2D eigenvalue weighted by atomic mass is 32.2. The molecule has 1 amide bonds. The van der Waals surface area contributed by atoms with Crippen LogP contribution >= 0.6 is 0 Å². The van der Waals surface area contributed by atoms with E-state index in [0.29, 0.717) is 30.6 Å². The molecule has 13 heteroatoms. The van der Waals surface area contributed by atoms with Gasteiger partial charge >= 0.3 is 6.18 Å². The highest BCUT2D eigenvalue weighted by Gasteiger charge is 2.34. The molecule has 1 aliphatic heterocycles. The molecule has 8 nitrogen and oxygen atoms in total. The van der Waals surface area contributed by atoms with Gasteiger partial charge in [-0.25, -0.2) is 12.8 Å². The molecular weight excluding hydrogens is 624 g/mol. The summed E-state index contributed by atoms with van der Waals surface area (Å²) in [4.78, 5) is 13.7. The zero-order chi connectivity index (χ0) is 33.7. The standard InChI is InChI=1S/C33H40F4N4O4S/c1-4-38-25-19-26(30(34)28(20-25)41-15-8-9-16-46(41,44)45)31(43)40-27(17-22-11-6-5-7-12-22)29(42)21-39-32(2,3)23-13-10-14-24(18-23)33(35,36)37/h5-7,10-14,18-20,27,29,38-39,42H,4,8-9,15-17,21H2,1-3H3,(H,40,43)/t27-,29+/m0/s1. The quantitative estimate of drug-likeness (QED) is 0.192. The number of carbonyl (C=O) groups excluding carboxylic acids is 1. The molecule has 4 rings (SSSR count). The lowest BCUT2D eigenvalue weighted by molar-refractivity contribution is -0.137. The van der Waals surface area contributed by atoms with Crippen molar-refractivity contribution in [3.05, 3.63) is 94.8 Å². The van der Waals surface area contributed by atoms with Crippen LogP contribution in [-0.2, 0) is 28.2 Å². The molecule has 3 aromatic rings. The van der Waals surface area contributed by atoms with Crippen LogP contribution in [-0.4, -0.2) is 57.0 Å². The lowest BCUT2D eigenvalue weighted by Gasteiger charge is -2.32. The highest BCUT2D eigenvalue weighted by Crippen LogP contribution is 2.33. The number of halogens is 4. The minimum atomic E-state index is -4.52. The number of sulfonamides is 1. The molecule has 0 radical (unpaired) electrons. The van der Waals surface area contributed by atoms with Crippen LogP contribution in [0, 0.1) is 5.82 Å². The van der Waals surface area contributed by atoms with Crippen LogP contribution in [0.1, 0.15) is 60.7 Å². The van der Waals surface area contributed by atoms with Crippen LogP contribution in [0.15, 0.2) is 66.7 Å². The van der Waals surface area contributed by atoms with Crippen molar-refractivity contribution in [2.75, 3.05) is 35.0 Å². The van der Waals surface area contributed by atoms with Gasteiger partial charge in [0, 0.05) is 30.9 Å². The summed E-state index contributed by atoms with van der Waals surface area (Å²) < 4.78 is 82.7. The van der Waals surface area contributed by atoms with Crippen molar-refractivity contribution in [2.45, 2.75) is 63.9 Å². The van der Waals surface area contributed by atoms with E-state index in [1.807, 2.05) is 6.07 Å². The molecule has 0 aromatic heterocycles. The van der Waals surface area contributed by atoms with E-state index in [1.165, 1.54) is 18.2 Å². The Balaban J connectivity index is 1.61. The molecular formula is C33H40F4N4O4S. The van der Waals surface area contributed by atoms with Gasteiger partial charge in [-0.05, 0) is 75.4 Å². The van der Waals surface area contributed by atoms with Crippen molar-refractivity contribution in [3.63, 3.8) is 0 Å². The largest absolute Gasteiger partial charge is 0.416 e. The third-order valence-electron chi connectivity index (χ3n) is 8.04. The van der Waals surface area contributed by atoms with Crippen molar-refractivity contribution < 1.29 is 35.9 Å². The Bertz CT molecular complexity index is 1620. The van der Waals surface area contributed by atoms with Crippen molar-refractivity contribution in [2.24, 2.45) is 0 Å². The minimum Gasteiger partial charge on any atom is -0.390 e. The third-order valence-corrected chi connectivity index (χ3v) is 9.90. The predicted molar refractivity (Wildman–Crippen MR) is 171 cm³/mol. The Morgan fingerprint density at radius 3 is 2.35 bits per heavy atom. The smallest absolute Gasteiger partial charge is 0.390 e. The minimum absolute atomic E-state index is 0.0819. The van der Waals surface area contributed by atoms with Crippen LogP contribution in [0.5, 0.6) is 0 Å². The van der Waals surface area contributed by atoms with Crippen LogP contribution in [0.4, 0.5) is 28.9 Å². The Morgan fingerprint density at radius 1 is 1.00 bits per heavy atom. The van der Waals surface area contributed by atoms with E-state index < -0.39 is 56.7 Å². The number of aliphatic hydroxyl groups is 1. The van der Waals surface area contributed by atoms with E-state index in [1.54, 1.807) is 51.1 Å². The van der Waals surface area contributed by atoms with Gasteiger partial charge in [0.15, 0.2) is 5.82 Å². The summed E-state index contributed by atoms with van der Waals surface area (Å²) in [7, 11) is -3.78. The number of nitrogens with one attached hydrogen (secondary N) is 3. The van der Waals surface area contributed by atoms with Gasteiger partial charge in [-0.3, -0.25) is 9.10 Å². The number of aliphatic hydroxyl groups excluding tert-OH is 1. The average Bonchev–Trinajstić information content (AvgIpc) is 3.00. The van der Waals surface area contributed by atoms with Gasteiger partial charge in [0.2, 0.25) is 10.0 Å². The first-order chi connectivity index (χ1) is 21.6. The summed E-state index contributed by atoms with van der Waals surface area (Å²) in [6.07, 6.45) is -4.62. The molecule has 1 saturated heterocycles. The average molecular weight is 665 g/mol. The summed E-state index contributed by atoms with van der Waals surface area (Å²) in [5.41, 5.74) is -0.941. The van der Waals surface area contributed by atoms with Crippen LogP contribution in [0.3, 0.4) is 0 Å². The van der Waals surface area contributed by atoms with Crippen LogP contribution < -0.4 is 20.3 Å². The zero-order valence-corrected chi connectivity index (χ0v) is 26.8. The normalized spacial score (nSPS) is 16.5. The number of alkyl halides is 3. The summed E-state index contributed by atoms with van der Waals surface area (Å²) in [6, 6.07) is 15.6. The van der Waals surface area contributed by atoms with Crippen molar-refractivity contribution >= 4 is 27.3 Å². The third kappa shape index (κ3) is 8.56. The van der Waals surface area contributed by atoms with E-state index in [-0.39, 0.29) is 31.0 Å². The van der Waals surface area contributed by atoms with Crippen molar-refractivity contribution in [3.8, 4) is 0 Å². The number of nitrogens with zero attached hydrogens (tertiary/aromatic N) is 1. The zero-order valence-electron chi connectivity index (χ0n) is 26.0. The molecule has 0 spiro atoms. The molecule has 46 heavy (non-hydrogen) atoms. The van der Waals surface area contributed by atoms with Gasteiger partial charge in [-0.2, -0.15) is 13.2 Å². The second-order valence-corrected chi connectivity index (χ2v) is 13.9. The summed E-state index contributed by atoms with van der Waals surface area (Å²) in [5, 5.41) is 20.2. The fourth-order valence-corrected chi connectivity index (χ4v) is 7.04. The topological polar surface area (TPSA) is 111 Å². The van der Waals surface area contributed by atoms with Gasteiger partial charge in [-0.15, -0.1) is 0 Å². The number of carbonyl (C=O) groups is 1. The molecule has 1 fully saturated rings. The SMILES string of the molecule is CCNc1cc(C(=O)N[C@@H](Cc2ccccc2)[C@H](O)CNC(C)(C)c2cccc(C(F)(F)F)c2)c(F)c(N2CCCCS2(=O)=O)c1. The number of amides is 1. The van der Waals surface area contributed by atoms with Gasteiger partial charge in [-0.1, -0.05) is 42.5 Å². The fourth-order valence-electron chi connectivity index (χ4n) is 5.41. The van der Waals surface area contributed by atoms with Gasteiger partial charge in [0.1, 0.15) is 0 Å². The lowest BCUT2D eigenvalue weighted by atomic mass is 9.92. The first-order valence-electron chi connectivity index (χ1n) is 15.2. The monoisotopic (exact) mass is 664 g/mol. The summed E-state index contributed by atoms with van der Waals surface area (Å²) in [6.45, 7) is 5.55. The second kappa shape index (κ2) is 14.4. The lowest BCUT2D eigenvalue weighted by Crippen LogP contribution is -2.51. The van der Waals surface area contributed by atoms with Crippen molar-refractivity contribution in [1.29, 1.82) is 0 Å². The molecule has 0 unspecified atom stereocenters. The molecule has 250 valence electrons. The van der Waals surface area contributed by atoms with Gasteiger partial charge in [0.25, 0.3) is 5.91 Å². The Kier molecular flexibility index (Phi) is 11.0. The van der Waals surface area contributed by atoms with Gasteiger partial charge in [0.05, 0.1) is 34.7 Å². The molecule has 0 aliphatic carbocycles. The predicted octanol–water partition coefficient (Wildman–Crippen LogP) is 5.43. The number of hydrogen-bond acceptors (Lipinski definition) is 6. The fraction of sp³-hybridized carbons (Fsp3) is 0.424. The second-order valence-electron chi connectivity index (χ2n) is 11.9. The number of anilines is 2. The van der Waals surface area contributed by atoms with E-state index in [2.05, 4.69) is 16.0 Å². The number of benzene rings is 3. The maximum absolute atomic E-state index is 16.0. The molecule has 2 atom stereocenters. The first kappa shape index (κ1) is 35.2. The number of rotatable bonds is 12. The Labute approximate surface area is 267 Å². The van der Waals surface area contributed by atoms with Crippen molar-refractivity contribution in [1.82, 2.24) is 10.6 Å². The van der Waals surface area contributed by atoms with E-state index in [0.717, 1.165) is 22.0 Å². The summed E-state index contributed by atoms with van der Waals surface area (Å²) in [5.74, 6) is -1.99.